The highest BCUT2D eigenvalue weighted by molar-refractivity contribution is 6.06. The van der Waals surface area contributed by atoms with Crippen LogP contribution in [0, 0.1) is 0 Å². The maximum absolute atomic E-state index is 6.34. The van der Waals surface area contributed by atoms with Crippen LogP contribution >= 0.6 is 0 Å². The van der Waals surface area contributed by atoms with Crippen LogP contribution in [0.1, 0.15) is 0 Å². The molecule has 0 saturated heterocycles. The Kier molecular flexibility index (Phi) is 7.47. The molecule has 0 saturated carbocycles. The second-order valence-electron chi connectivity index (χ2n) is 13.4. The Hall–Kier alpha value is -7.10. The van der Waals surface area contributed by atoms with Gasteiger partial charge in [-0.2, -0.15) is 0 Å². The number of hydrogen-bond donors (Lipinski definition) is 0. The minimum Gasteiger partial charge on any atom is -0.456 e. The molecule has 0 unspecified atom stereocenters. The van der Waals surface area contributed by atoms with Crippen molar-refractivity contribution in [2.45, 2.75) is 0 Å². The quantitative estimate of drug-likeness (QED) is 0.176. The molecular weight excluding hydrogens is 645 g/mol. The van der Waals surface area contributed by atoms with Gasteiger partial charge in [-0.1, -0.05) is 140 Å². The van der Waals surface area contributed by atoms with Gasteiger partial charge >= 0.3 is 0 Å². The third-order valence-electron chi connectivity index (χ3n) is 10.0. The molecule has 53 heavy (non-hydrogen) atoms. The summed E-state index contributed by atoms with van der Waals surface area (Å²) >= 11 is 0. The van der Waals surface area contributed by atoms with Crippen LogP contribution in [0.25, 0.3) is 100.0 Å². The van der Waals surface area contributed by atoms with Crippen LogP contribution in [-0.4, -0.2) is 9.97 Å². The summed E-state index contributed by atoms with van der Waals surface area (Å²) in [6, 6.07) is 68.2. The van der Waals surface area contributed by atoms with Crippen molar-refractivity contribution in [1.29, 1.82) is 0 Å². The lowest BCUT2D eigenvalue weighted by molar-refractivity contribution is 0.669. The minimum atomic E-state index is 0.685. The minimum absolute atomic E-state index is 0.685. The Balaban J connectivity index is 1.18. The summed E-state index contributed by atoms with van der Waals surface area (Å²) in [6.45, 7) is 0. The van der Waals surface area contributed by atoms with E-state index in [1.165, 1.54) is 16.3 Å². The number of benzene rings is 8. The second-order valence-corrected chi connectivity index (χ2v) is 13.4. The number of hydrogen-bond acceptors (Lipinski definition) is 3. The molecule has 10 aromatic rings. The first-order chi connectivity index (χ1) is 26.2. The van der Waals surface area contributed by atoms with Crippen LogP contribution in [0.5, 0.6) is 0 Å². The fourth-order valence-electron chi connectivity index (χ4n) is 7.33. The van der Waals surface area contributed by atoms with Crippen LogP contribution in [0.15, 0.2) is 199 Å². The van der Waals surface area contributed by atoms with Gasteiger partial charge in [-0.3, -0.25) is 0 Å². The zero-order valence-electron chi connectivity index (χ0n) is 28.8. The molecule has 0 aliphatic carbocycles. The van der Waals surface area contributed by atoms with Crippen LogP contribution in [0.4, 0.5) is 0 Å². The van der Waals surface area contributed by atoms with Crippen LogP contribution in [0.3, 0.4) is 0 Å². The fraction of sp³-hybridized carbons (Fsp3) is 0. The van der Waals surface area contributed by atoms with E-state index in [4.69, 9.17) is 14.4 Å². The molecule has 2 aromatic heterocycles. The molecule has 0 N–H and O–H groups in total. The van der Waals surface area contributed by atoms with Gasteiger partial charge in [-0.05, 0) is 98.8 Å². The Morgan fingerprint density at radius 1 is 0.283 bits per heavy atom. The van der Waals surface area contributed by atoms with Gasteiger partial charge in [0.25, 0.3) is 0 Å². The maximum atomic E-state index is 6.34. The summed E-state index contributed by atoms with van der Waals surface area (Å²) in [5.74, 6) is 0.685. The third-order valence-corrected chi connectivity index (χ3v) is 10.0. The molecule has 2 heterocycles. The van der Waals surface area contributed by atoms with Crippen molar-refractivity contribution in [2.24, 2.45) is 0 Å². The van der Waals surface area contributed by atoms with Gasteiger partial charge in [0.1, 0.15) is 11.2 Å². The second kappa shape index (κ2) is 12.9. The first kappa shape index (κ1) is 30.7. The SMILES string of the molecule is c1ccc(-c2cccc(-c3cc(-c4cc(-c5ccc6ccccc6c5)cc(-c5ccc6c(c5)oc5ccccc56)c4)nc(-c4ccccc4)n3)c2)cc1. The zero-order valence-corrected chi connectivity index (χ0v) is 28.8. The van der Waals surface area contributed by atoms with Gasteiger partial charge < -0.3 is 4.42 Å². The van der Waals surface area contributed by atoms with E-state index in [1.54, 1.807) is 0 Å². The van der Waals surface area contributed by atoms with Crippen molar-refractivity contribution in [1.82, 2.24) is 9.97 Å². The van der Waals surface area contributed by atoms with E-state index in [0.717, 1.165) is 77.8 Å². The Morgan fingerprint density at radius 2 is 0.830 bits per heavy atom. The monoisotopic (exact) mass is 676 g/mol. The van der Waals surface area contributed by atoms with Gasteiger partial charge in [0.15, 0.2) is 5.82 Å². The molecule has 8 aromatic carbocycles. The molecule has 10 rings (SSSR count). The molecule has 3 nitrogen and oxygen atoms in total. The molecule has 0 atom stereocenters. The van der Waals surface area contributed by atoms with E-state index in [9.17, 15) is 0 Å². The van der Waals surface area contributed by atoms with Crippen molar-refractivity contribution in [3.05, 3.63) is 194 Å². The largest absolute Gasteiger partial charge is 0.456 e. The molecule has 0 amide bonds. The topological polar surface area (TPSA) is 38.9 Å². The van der Waals surface area contributed by atoms with E-state index in [2.05, 4.69) is 158 Å². The predicted octanol–water partition coefficient (Wildman–Crippen LogP) is 13.5. The Labute approximate surface area is 307 Å². The zero-order chi connectivity index (χ0) is 35.1. The molecule has 0 fully saturated rings. The van der Waals surface area contributed by atoms with E-state index >= 15 is 0 Å². The predicted molar refractivity (Wildman–Crippen MR) is 219 cm³/mol. The van der Waals surface area contributed by atoms with Gasteiger partial charge in [0, 0.05) is 27.5 Å². The van der Waals surface area contributed by atoms with Crippen molar-refractivity contribution < 1.29 is 4.42 Å². The third kappa shape index (κ3) is 5.85. The molecule has 3 heteroatoms. The summed E-state index contributed by atoms with van der Waals surface area (Å²) in [6.07, 6.45) is 0. The first-order valence-corrected chi connectivity index (χ1v) is 17.9. The average molecular weight is 677 g/mol. The van der Waals surface area contributed by atoms with Crippen molar-refractivity contribution in [3.8, 4) is 67.3 Å². The van der Waals surface area contributed by atoms with E-state index in [1.807, 2.05) is 36.4 Å². The molecule has 0 spiro atoms. The average Bonchev–Trinajstić information content (AvgIpc) is 3.62. The number of aromatic nitrogens is 2. The number of nitrogens with zero attached hydrogens (tertiary/aromatic N) is 2. The number of furan rings is 1. The highest BCUT2D eigenvalue weighted by Gasteiger charge is 2.15. The van der Waals surface area contributed by atoms with Gasteiger partial charge in [-0.25, -0.2) is 9.97 Å². The maximum Gasteiger partial charge on any atom is 0.160 e. The highest BCUT2D eigenvalue weighted by Crippen LogP contribution is 2.38. The standard InChI is InChI=1S/C50H32N2O/c1-3-12-33(13-4-1)37-18-11-19-40(27-37)46-32-47(52-50(51-46)35-15-5-2-6-16-35)43-29-41(38-23-22-34-14-7-8-17-36(34)26-38)28-42(30-43)39-24-25-45-44-20-9-10-21-48(44)53-49(45)31-39/h1-32H. The summed E-state index contributed by atoms with van der Waals surface area (Å²) in [5, 5.41) is 4.65. The lowest BCUT2D eigenvalue weighted by Crippen LogP contribution is -1.97. The molecule has 0 aliphatic rings. The molecule has 0 bridgehead atoms. The summed E-state index contributed by atoms with van der Waals surface area (Å²) in [5.41, 5.74) is 13.2. The van der Waals surface area contributed by atoms with E-state index in [-0.39, 0.29) is 0 Å². The molecule has 0 radical (unpaired) electrons. The smallest absolute Gasteiger partial charge is 0.160 e. The van der Waals surface area contributed by atoms with E-state index < -0.39 is 0 Å². The molecular formula is C50H32N2O. The van der Waals surface area contributed by atoms with Crippen LogP contribution in [0.2, 0.25) is 0 Å². The van der Waals surface area contributed by atoms with E-state index in [0.29, 0.717) is 5.82 Å². The van der Waals surface area contributed by atoms with Crippen molar-refractivity contribution >= 4 is 32.7 Å². The molecule has 248 valence electrons. The van der Waals surface area contributed by atoms with Crippen LogP contribution in [-0.2, 0) is 0 Å². The van der Waals surface area contributed by atoms with Crippen molar-refractivity contribution in [3.63, 3.8) is 0 Å². The fourth-order valence-corrected chi connectivity index (χ4v) is 7.33. The summed E-state index contributed by atoms with van der Waals surface area (Å²) < 4.78 is 6.34. The summed E-state index contributed by atoms with van der Waals surface area (Å²) in [7, 11) is 0. The van der Waals surface area contributed by atoms with Gasteiger partial charge in [-0.15, -0.1) is 0 Å². The number of para-hydroxylation sites is 1. The lowest BCUT2D eigenvalue weighted by atomic mass is 9.93. The first-order valence-electron chi connectivity index (χ1n) is 17.9. The van der Waals surface area contributed by atoms with Crippen molar-refractivity contribution in [2.75, 3.05) is 0 Å². The molecule has 0 aliphatic heterocycles. The normalized spacial score (nSPS) is 11.4. The van der Waals surface area contributed by atoms with Gasteiger partial charge in [0.2, 0.25) is 0 Å². The Bertz CT molecular complexity index is 2950. The number of rotatable bonds is 6. The lowest BCUT2D eigenvalue weighted by Gasteiger charge is -2.14. The van der Waals surface area contributed by atoms with Gasteiger partial charge in [0.05, 0.1) is 11.4 Å². The highest BCUT2D eigenvalue weighted by atomic mass is 16.3. The summed E-state index contributed by atoms with van der Waals surface area (Å²) in [4.78, 5) is 10.4. The Morgan fingerprint density at radius 3 is 1.64 bits per heavy atom. The van der Waals surface area contributed by atoms with Crippen LogP contribution < -0.4 is 0 Å². The number of fused-ring (bicyclic) bond motifs is 4.